The minimum Gasteiger partial charge on any atom is -0.496 e. The van der Waals surface area contributed by atoms with Crippen molar-refractivity contribution >= 4 is 6.08 Å². The number of benzene rings is 1. The lowest BCUT2D eigenvalue weighted by Gasteiger charge is -2.59. The highest BCUT2D eigenvalue weighted by atomic mass is 16.7. The van der Waals surface area contributed by atoms with E-state index in [2.05, 4.69) is 32.1 Å². The highest BCUT2D eigenvalue weighted by molar-refractivity contribution is 5.68. The van der Waals surface area contributed by atoms with Crippen molar-refractivity contribution in [3.05, 3.63) is 34.9 Å². The molecule has 1 spiro atoms. The van der Waals surface area contributed by atoms with Crippen LogP contribution in [-0.2, 0) is 21.7 Å². The van der Waals surface area contributed by atoms with Crippen LogP contribution in [0.25, 0.3) is 6.08 Å². The number of hydrogen-bond donors (Lipinski definition) is 2. The Hall–Kier alpha value is -1.40. The van der Waals surface area contributed by atoms with E-state index >= 15 is 0 Å². The first kappa shape index (κ1) is 19.6. The van der Waals surface area contributed by atoms with Crippen LogP contribution in [0, 0.1) is 23.2 Å². The third-order valence-corrected chi connectivity index (χ3v) is 8.76. The van der Waals surface area contributed by atoms with Gasteiger partial charge in [-0.1, -0.05) is 39.0 Å². The van der Waals surface area contributed by atoms with E-state index in [0.29, 0.717) is 11.7 Å². The van der Waals surface area contributed by atoms with E-state index in [9.17, 15) is 10.2 Å². The van der Waals surface area contributed by atoms with Crippen LogP contribution in [0.15, 0.2) is 18.2 Å². The van der Waals surface area contributed by atoms with Crippen molar-refractivity contribution in [2.75, 3.05) is 7.11 Å². The summed E-state index contributed by atoms with van der Waals surface area (Å²) in [7, 11) is 1.63. The summed E-state index contributed by atoms with van der Waals surface area (Å²) >= 11 is 0. The van der Waals surface area contributed by atoms with Gasteiger partial charge in [0.25, 0.3) is 0 Å². The Morgan fingerprint density at radius 1 is 1.24 bits per heavy atom. The molecule has 8 atom stereocenters. The predicted octanol–water partition coefficient (Wildman–Crippen LogP) is 3.60. The standard InChI is InChI=1S/C24H32O5/c1-13-15(3)28-24(21(13)26)14(2)18-9-11-23(29-24)19-6-7-20(27-5)17(12-25)16(19)8-10-22(18,23)4/h6-8,10,13-15,18,21,25-26H,9,11-12H2,1-5H3/t13-,14+,15+,18-,21-,22-,23+,24+/m1/s1. The fourth-order valence-electron chi connectivity index (χ4n) is 6.89. The summed E-state index contributed by atoms with van der Waals surface area (Å²) < 4.78 is 19.0. The molecule has 2 saturated heterocycles. The van der Waals surface area contributed by atoms with E-state index in [1.165, 1.54) is 0 Å². The monoisotopic (exact) mass is 400 g/mol. The molecule has 1 aromatic carbocycles. The molecule has 2 bridgehead atoms. The molecule has 0 radical (unpaired) electrons. The van der Waals surface area contributed by atoms with E-state index in [4.69, 9.17) is 14.2 Å². The summed E-state index contributed by atoms with van der Waals surface area (Å²) in [5.74, 6) is 0.116. The van der Waals surface area contributed by atoms with Crippen LogP contribution in [0.5, 0.6) is 5.75 Å². The molecule has 0 amide bonds. The van der Waals surface area contributed by atoms with Crippen LogP contribution in [0.3, 0.4) is 0 Å². The molecule has 29 heavy (non-hydrogen) atoms. The average Bonchev–Trinajstić information content (AvgIpc) is 3.07. The van der Waals surface area contributed by atoms with Gasteiger partial charge in [0, 0.05) is 22.8 Å². The maximum absolute atomic E-state index is 11.3. The van der Waals surface area contributed by atoms with Gasteiger partial charge in [-0.05, 0) is 42.9 Å². The third kappa shape index (κ3) is 2.10. The van der Waals surface area contributed by atoms with Gasteiger partial charge in [-0.25, -0.2) is 0 Å². The summed E-state index contributed by atoms with van der Waals surface area (Å²) in [6.07, 6.45) is 5.55. The second kappa shape index (κ2) is 6.07. The molecule has 2 aliphatic carbocycles. The van der Waals surface area contributed by atoms with Gasteiger partial charge < -0.3 is 24.4 Å². The number of methoxy groups -OCH3 is 1. The number of aliphatic hydroxyl groups is 2. The van der Waals surface area contributed by atoms with Crippen LogP contribution < -0.4 is 4.74 Å². The SMILES string of the molecule is COc1ccc2c(c1CO)C=C[C@]1(C)[C@@H]3CC[C@]21O[C@@]1(O[C@@H](C)[C@@H](C)[C@H]1O)[C@H]3C. The Bertz CT molecular complexity index is 880. The fraction of sp³-hybridized carbons (Fsp3) is 0.667. The minimum absolute atomic E-state index is 0.0140. The van der Waals surface area contributed by atoms with E-state index in [1.54, 1.807) is 7.11 Å². The zero-order valence-electron chi connectivity index (χ0n) is 17.9. The molecule has 3 fully saturated rings. The maximum atomic E-state index is 11.3. The molecule has 1 saturated carbocycles. The number of aliphatic hydroxyl groups excluding tert-OH is 2. The van der Waals surface area contributed by atoms with Crippen molar-refractivity contribution in [3.63, 3.8) is 0 Å². The van der Waals surface area contributed by atoms with Gasteiger partial charge in [-0.2, -0.15) is 0 Å². The lowest BCUT2D eigenvalue weighted by Crippen LogP contribution is -2.64. The van der Waals surface area contributed by atoms with Gasteiger partial charge in [0.2, 0.25) is 0 Å². The van der Waals surface area contributed by atoms with Gasteiger partial charge in [-0.3, -0.25) is 0 Å². The first-order valence-corrected chi connectivity index (χ1v) is 10.8. The zero-order chi connectivity index (χ0) is 20.8. The van der Waals surface area contributed by atoms with E-state index < -0.39 is 17.5 Å². The second-order valence-electron chi connectivity index (χ2n) is 9.69. The lowest BCUT2D eigenvalue weighted by atomic mass is 9.57. The van der Waals surface area contributed by atoms with Gasteiger partial charge in [0.15, 0.2) is 5.79 Å². The number of rotatable bonds is 2. The Balaban J connectivity index is 1.72. The molecule has 2 aliphatic heterocycles. The Morgan fingerprint density at radius 2 is 2.00 bits per heavy atom. The van der Waals surface area contributed by atoms with Crippen LogP contribution in [0.2, 0.25) is 0 Å². The van der Waals surface area contributed by atoms with E-state index in [1.807, 2.05) is 19.9 Å². The third-order valence-electron chi connectivity index (χ3n) is 8.76. The number of ether oxygens (including phenoxy) is 3. The van der Waals surface area contributed by atoms with Gasteiger partial charge in [0.1, 0.15) is 17.5 Å². The molecule has 5 rings (SSSR count). The van der Waals surface area contributed by atoms with Crippen molar-refractivity contribution in [2.45, 2.75) is 70.7 Å². The van der Waals surface area contributed by atoms with Crippen molar-refractivity contribution in [2.24, 2.45) is 23.2 Å². The van der Waals surface area contributed by atoms with Crippen LogP contribution in [0.1, 0.15) is 57.2 Å². The zero-order valence-corrected chi connectivity index (χ0v) is 17.9. The average molecular weight is 401 g/mol. The molecular weight excluding hydrogens is 368 g/mol. The van der Waals surface area contributed by atoms with Crippen LogP contribution in [0.4, 0.5) is 0 Å². The Kier molecular flexibility index (Phi) is 4.09. The van der Waals surface area contributed by atoms with E-state index in [0.717, 1.165) is 29.5 Å². The molecule has 2 heterocycles. The second-order valence-corrected chi connectivity index (χ2v) is 9.69. The number of fused-ring (bicyclic) bond motifs is 1. The van der Waals surface area contributed by atoms with Crippen molar-refractivity contribution < 1.29 is 24.4 Å². The highest BCUT2D eigenvalue weighted by Crippen LogP contribution is 2.71. The predicted molar refractivity (Wildman–Crippen MR) is 109 cm³/mol. The summed E-state index contributed by atoms with van der Waals surface area (Å²) in [5.41, 5.74) is 2.05. The largest absolute Gasteiger partial charge is 0.496 e. The molecular formula is C24H32O5. The first-order chi connectivity index (χ1) is 13.8. The van der Waals surface area contributed by atoms with E-state index in [-0.39, 0.29) is 30.0 Å². The topological polar surface area (TPSA) is 68.2 Å². The fourth-order valence-corrected chi connectivity index (χ4v) is 6.89. The summed E-state index contributed by atoms with van der Waals surface area (Å²) in [4.78, 5) is 0. The smallest absolute Gasteiger partial charge is 0.198 e. The quantitative estimate of drug-likeness (QED) is 0.794. The Labute approximate surface area is 172 Å². The summed E-state index contributed by atoms with van der Waals surface area (Å²) in [5, 5.41) is 21.3. The normalized spacial score (nSPS) is 47.3. The Morgan fingerprint density at radius 3 is 2.62 bits per heavy atom. The minimum atomic E-state index is -0.999. The van der Waals surface area contributed by atoms with Crippen molar-refractivity contribution in [1.82, 2.24) is 0 Å². The van der Waals surface area contributed by atoms with Crippen molar-refractivity contribution in [3.8, 4) is 5.75 Å². The molecule has 0 aromatic heterocycles. The van der Waals surface area contributed by atoms with Crippen LogP contribution in [-0.4, -0.2) is 35.3 Å². The molecule has 5 heteroatoms. The highest BCUT2D eigenvalue weighted by Gasteiger charge is 2.73. The molecule has 5 nitrogen and oxygen atoms in total. The van der Waals surface area contributed by atoms with Gasteiger partial charge >= 0.3 is 0 Å². The molecule has 4 aliphatic rings. The first-order valence-electron chi connectivity index (χ1n) is 10.8. The molecule has 158 valence electrons. The maximum Gasteiger partial charge on any atom is 0.198 e. The molecule has 2 N–H and O–H groups in total. The molecule has 1 aromatic rings. The van der Waals surface area contributed by atoms with Gasteiger partial charge in [-0.15, -0.1) is 0 Å². The number of hydrogen-bond acceptors (Lipinski definition) is 5. The van der Waals surface area contributed by atoms with Crippen molar-refractivity contribution in [1.29, 1.82) is 0 Å². The summed E-state index contributed by atoms with van der Waals surface area (Å²) in [6.45, 7) is 8.42. The summed E-state index contributed by atoms with van der Waals surface area (Å²) in [6, 6.07) is 4.01. The molecule has 0 unspecified atom stereocenters. The van der Waals surface area contributed by atoms with Crippen LogP contribution >= 0.6 is 0 Å². The lowest BCUT2D eigenvalue weighted by molar-refractivity contribution is -0.375. The van der Waals surface area contributed by atoms with Gasteiger partial charge in [0.05, 0.1) is 19.8 Å².